The molecule has 1 N–H and O–H groups in total. The monoisotopic (exact) mass is 735 g/mol. The SMILES string of the molecule is O=C(O[C@@H](Cc1c(Cl)c[nH+]cc1Cl)c1ccc(OC(F)F)c(OCC2CC2)c1)c1ccc(OCC2CC2)c(C(=O)OCCN2CCOCC2)c1. The van der Waals surface area contributed by atoms with Crippen LogP contribution in [0.2, 0.25) is 10.0 Å². The molecule has 0 unspecified atom stereocenters. The molecule has 268 valence electrons. The van der Waals surface area contributed by atoms with Crippen molar-refractivity contribution in [2.45, 2.75) is 44.8 Å². The number of alkyl halides is 2. The number of morpholine rings is 1. The summed E-state index contributed by atoms with van der Waals surface area (Å²) in [6, 6.07) is 8.87. The summed E-state index contributed by atoms with van der Waals surface area (Å²) in [6.45, 7) is 1.19. The van der Waals surface area contributed by atoms with Crippen molar-refractivity contribution in [2.75, 3.05) is 52.7 Å². The highest BCUT2D eigenvalue weighted by Crippen LogP contribution is 2.38. The number of rotatable bonds is 17. The first kappa shape index (κ1) is 36.1. The maximum absolute atomic E-state index is 13.8. The second-order valence-electron chi connectivity index (χ2n) is 12.6. The van der Waals surface area contributed by atoms with Crippen LogP contribution in [-0.4, -0.2) is 76.1 Å². The molecule has 14 heteroatoms. The molecule has 2 saturated carbocycles. The summed E-state index contributed by atoms with van der Waals surface area (Å²) >= 11 is 13.0. The number of nitrogens with zero attached hydrogens (tertiary/aromatic N) is 1. The highest BCUT2D eigenvalue weighted by atomic mass is 35.5. The van der Waals surface area contributed by atoms with E-state index in [0.717, 1.165) is 38.8 Å². The third kappa shape index (κ3) is 10.2. The lowest BCUT2D eigenvalue weighted by Crippen LogP contribution is -2.38. The number of benzene rings is 2. The fraction of sp³-hybridized carbons (Fsp3) is 0.472. The van der Waals surface area contributed by atoms with Crippen LogP contribution in [0.4, 0.5) is 8.78 Å². The van der Waals surface area contributed by atoms with E-state index in [9.17, 15) is 18.4 Å². The zero-order valence-electron chi connectivity index (χ0n) is 27.3. The third-order valence-electron chi connectivity index (χ3n) is 8.71. The Labute approximate surface area is 298 Å². The van der Waals surface area contributed by atoms with Crippen LogP contribution in [0.5, 0.6) is 17.2 Å². The van der Waals surface area contributed by atoms with Crippen molar-refractivity contribution in [3.63, 3.8) is 0 Å². The van der Waals surface area contributed by atoms with Gasteiger partial charge in [-0.05, 0) is 73.4 Å². The second-order valence-corrected chi connectivity index (χ2v) is 13.4. The number of H-pyrrole nitrogens is 1. The summed E-state index contributed by atoms with van der Waals surface area (Å²) in [5.41, 5.74) is 1.10. The first-order chi connectivity index (χ1) is 24.2. The van der Waals surface area contributed by atoms with Gasteiger partial charge >= 0.3 is 18.6 Å². The van der Waals surface area contributed by atoms with Gasteiger partial charge in [-0.15, -0.1) is 0 Å². The molecule has 3 aliphatic rings. The highest BCUT2D eigenvalue weighted by Gasteiger charge is 2.28. The van der Waals surface area contributed by atoms with Crippen molar-refractivity contribution in [1.29, 1.82) is 0 Å². The molecular weight excluding hydrogens is 697 g/mol. The van der Waals surface area contributed by atoms with Crippen LogP contribution in [0.15, 0.2) is 48.8 Å². The number of esters is 2. The third-order valence-corrected chi connectivity index (χ3v) is 9.39. The van der Waals surface area contributed by atoms with Crippen molar-refractivity contribution < 1.29 is 51.8 Å². The lowest BCUT2D eigenvalue weighted by molar-refractivity contribution is -0.377. The van der Waals surface area contributed by atoms with Gasteiger partial charge < -0.3 is 28.4 Å². The molecule has 10 nitrogen and oxygen atoms in total. The fourth-order valence-corrected chi connectivity index (χ4v) is 5.94. The van der Waals surface area contributed by atoms with Gasteiger partial charge in [0.05, 0.1) is 32.0 Å². The van der Waals surface area contributed by atoms with Crippen molar-refractivity contribution >= 4 is 35.1 Å². The zero-order valence-corrected chi connectivity index (χ0v) is 28.9. The zero-order chi connectivity index (χ0) is 35.0. The topological polar surface area (TPSA) is 107 Å². The lowest BCUT2D eigenvalue weighted by atomic mass is 10.0. The first-order valence-electron chi connectivity index (χ1n) is 16.7. The predicted molar refractivity (Wildman–Crippen MR) is 178 cm³/mol. The van der Waals surface area contributed by atoms with Crippen LogP contribution in [0.3, 0.4) is 0 Å². The number of hydrogen-bond donors (Lipinski definition) is 0. The van der Waals surface area contributed by atoms with E-state index in [1.807, 2.05) is 0 Å². The van der Waals surface area contributed by atoms with Crippen molar-refractivity contribution in [1.82, 2.24) is 4.90 Å². The van der Waals surface area contributed by atoms with Gasteiger partial charge in [-0.1, -0.05) is 29.3 Å². The van der Waals surface area contributed by atoms with E-state index in [0.29, 0.717) is 71.7 Å². The minimum absolute atomic E-state index is 0.0359. The van der Waals surface area contributed by atoms with Gasteiger partial charge in [0.25, 0.3) is 0 Å². The standard InChI is InChI=1S/C36H38Cl2F2N2O8/c37-28-18-41-19-29(38)26(28)17-32(24-5-8-31(50-36(39)40)33(16-24)48-21-23-3-4-23)49-34(43)25-6-7-30(47-20-22-1-2-22)27(15-25)35(44)46-14-11-42-9-12-45-13-10-42/h5-8,15-16,18-19,22-23,32,36H,1-4,9-14,17,20-21H2/p+1/t32-/m0/s1. The van der Waals surface area contributed by atoms with E-state index in [2.05, 4.69) is 9.88 Å². The van der Waals surface area contributed by atoms with Gasteiger partial charge in [-0.3, -0.25) is 4.90 Å². The molecule has 2 aromatic carbocycles. The minimum atomic E-state index is -3.06. The molecule has 1 saturated heterocycles. The molecule has 1 atom stereocenters. The number of halogens is 4. The normalized spacial score (nSPS) is 16.9. The highest BCUT2D eigenvalue weighted by molar-refractivity contribution is 6.35. The average Bonchev–Trinajstić information content (AvgIpc) is 4.04. The molecule has 0 bridgehead atoms. The van der Waals surface area contributed by atoms with Crippen LogP contribution in [0.1, 0.15) is 63.6 Å². The van der Waals surface area contributed by atoms with Gasteiger partial charge in [0.15, 0.2) is 23.9 Å². The van der Waals surface area contributed by atoms with Gasteiger partial charge in [0, 0.05) is 31.6 Å². The number of pyridine rings is 1. The predicted octanol–water partition coefficient (Wildman–Crippen LogP) is 6.62. The Morgan fingerprint density at radius 2 is 1.54 bits per heavy atom. The Balaban J connectivity index is 1.25. The van der Waals surface area contributed by atoms with E-state index >= 15 is 0 Å². The Morgan fingerprint density at radius 1 is 0.880 bits per heavy atom. The number of ether oxygens (including phenoxy) is 6. The molecule has 50 heavy (non-hydrogen) atoms. The molecule has 1 aromatic heterocycles. The van der Waals surface area contributed by atoms with Crippen LogP contribution in [0, 0.1) is 11.8 Å². The largest absolute Gasteiger partial charge is 0.492 e. The molecule has 2 heterocycles. The Kier molecular flexibility index (Phi) is 12.3. The summed E-state index contributed by atoms with van der Waals surface area (Å²) in [5.74, 6) is -0.355. The van der Waals surface area contributed by atoms with Gasteiger partial charge in [-0.2, -0.15) is 8.78 Å². The van der Waals surface area contributed by atoms with Gasteiger partial charge in [0.2, 0.25) is 0 Å². The molecule has 0 radical (unpaired) electrons. The summed E-state index contributed by atoms with van der Waals surface area (Å²) in [7, 11) is 0. The van der Waals surface area contributed by atoms with E-state index < -0.39 is 24.7 Å². The summed E-state index contributed by atoms with van der Waals surface area (Å²) < 4.78 is 60.1. The minimum Gasteiger partial charge on any atom is -0.492 e. The maximum Gasteiger partial charge on any atom is 0.387 e. The number of hydrogen-bond acceptors (Lipinski definition) is 9. The van der Waals surface area contributed by atoms with Gasteiger partial charge in [-0.25, -0.2) is 14.6 Å². The second kappa shape index (κ2) is 17.0. The molecule has 3 fully saturated rings. The summed E-state index contributed by atoms with van der Waals surface area (Å²) in [5, 5.41) is 0.612. The Bertz CT molecular complexity index is 1630. The molecule has 0 amide bonds. The van der Waals surface area contributed by atoms with Gasteiger partial charge in [0.1, 0.15) is 34.1 Å². The molecule has 6 rings (SSSR count). The molecular formula is C36H39Cl2F2N2O8+. The van der Waals surface area contributed by atoms with Crippen LogP contribution in [-0.2, 0) is 20.6 Å². The van der Waals surface area contributed by atoms with Crippen LogP contribution >= 0.6 is 23.2 Å². The van der Waals surface area contributed by atoms with E-state index in [1.54, 1.807) is 18.5 Å². The van der Waals surface area contributed by atoms with Crippen molar-refractivity contribution in [2.24, 2.45) is 11.8 Å². The first-order valence-corrected chi connectivity index (χ1v) is 17.5. The number of aromatic nitrogens is 1. The molecule has 3 aromatic rings. The molecule has 0 spiro atoms. The van der Waals surface area contributed by atoms with Crippen LogP contribution in [0.25, 0.3) is 0 Å². The van der Waals surface area contributed by atoms with Crippen LogP contribution < -0.4 is 19.2 Å². The summed E-state index contributed by atoms with van der Waals surface area (Å²) in [6.07, 6.45) is 6.21. The number of aromatic amines is 1. The quantitative estimate of drug-likeness (QED) is 0.142. The van der Waals surface area contributed by atoms with E-state index in [4.69, 9.17) is 51.6 Å². The number of carbonyl (C=O) groups is 2. The number of nitrogens with one attached hydrogen (secondary N) is 1. The lowest BCUT2D eigenvalue weighted by Gasteiger charge is -2.26. The fourth-order valence-electron chi connectivity index (χ4n) is 5.41. The molecule has 1 aliphatic heterocycles. The smallest absolute Gasteiger partial charge is 0.387 e. The number of carbonyl (C=O) groups excluding carboxylic acids is 2. The van der Waals surface area contributed by atoms with E-state index in [-0.39, 0.29) is 35.7 Å². The molecule has 2 aliphatic carbocycles. The van der Waals surface area contributed by atoms with Crippen molar-refractivity contribution in [3.8, 4) is 17.2 Å². The summed E-state index contributed by atoms with van der Waals surface area (Å²) in [4.78, 5) is 32.2. The Hall–Kier alpha value is -3.71. The van der Waals surface area contributed by atoms with E-state index in [1.165, 1.54) is 30.3 Å². The maximum atomic E-state index is 13.8. The van der Waals surface area contributed by atoms with Crippen molar-refractivity contribution in [3.05, 3.63) is 81.1 Å². The average molecular weight is 737 g/mol. The Morgan fingerprint density at radius 3 is 2.20 bits per heavy atom.